The zero-order valence-electron chi connectivity index (χ0n) is 6.49. The predicted molar refractivity (Wildman–Crippen MR) is 43.8 cm³/mol. The number of rotatable bonds is 3. The first-order valence-electron chi connectivity index (χ1n) is 3.94. The van der Waals surface area contributed by atoms with Gasteiger partial charge in [0, 0.05) is 19.0 Å². The van der Waals surface area contributed by atoms with E-state index in [9.17, 15) is 4.21 Å². The van der Waals surface area contributed by atoms with Crippen LogP contribution in [0, 0.1) is 5.92 Å². The fourth-order valence-electron chi connectivity index (χ4n) is 1.30. The molecule has 0 bridgehead atoms. The Bertz CT molecular complexity index is 132. The van der Waals surface area contributed by atoms with Gasteiger partial charge in [0.2, 0.25) is 0 Å². The summed E-state index contributed by atoms with van der Waals surface area (Å²) in [5.74, 6) is 1.03. The molecule has 0 aliphatic carbocycles. The molecule has 1 heterocycles. The van der Waals surface area contributed by atoms with Gasteiger partial charge in [-0.25, -0.2) is 4.21 Å². The van der Waals surface area contributed by atoms with Crippen LogP contribution < -0.4 is 0 Å². The fraction of sp³-hybridized carbons (Fsp3) is 1.00. The van der Waals surface area contributed by atoms with E-state index in [2.05, 4.69) is 0 Å². The number of hydrogen-bond acceptors (Lipinski definition) is 2. The van der Waals surface area contributed by atoms with Gasteiger partial charge in [-0.15, -0.1) is 0 Å². The minimum absolute atomic E-state index is 0.421. The van der Waals surface area contributed by atoms with E-state index in [0.717, 1.165) is 32.5 Å². The largest absolute Gasteiger partial charge is 0.381 e. The lowest BCUT2D eigenvalue weighted by Gasteiger charge is -2.20. The maximum Gasteiger partial charge on any atom is 0.152 e. The maximum atomic E-state index is 10.3. The van der Waals surface area contributed by atoms with Gasteiger partial charge in [-0.2, -0.15) is 0 Å². The molecule has 66 valence electrons. The molecule has 1 fully saturated rings. The predicted octanol–water partition coefficient (Wildman–Crippen LogP) is 1.02. The van der Waals surface area contributed by atoms with E-state index in [0.29, 0.717) is 11.7 Å². The molecule has 1 aliphatic heterocycles. The zero-order chi connectivity index (χ0) is 8.10. The summed E-state index contributed by atoms with van der Waals surface area (Å²) in [6.07, 6.45) is 2.97. The van der Waals surface area contributed by atoms with Crippen LogP contribution in [0.2, 0.25) is 0 Å². The van der Waals surface area contributed by atoms with Gasteiger partial charge in [-0.05, 0) is 25.2 Å². The third kappa shape index (κ3) is 3.84. The van der Waals surface area contributed by atoms with Crippen LogP contribution in [0.1, 0.15) is 19.3 Å². The van der Waals surface area contributed by atoms with Crippen LogP contribution in [-0.4, -0.2) is 27.7 Å². The SMILES string of the molecule is O=S(O)CCC1CCOCC1. The van der Waals surface area contributed by atoms with Crippen molar-refractivity contribution in [3.8, 4) is 0 Å². The second-order valence-corrected chi connectivity index (χ2v) is 3.92. The van der Waals surface area contributed by atoms with Crippen molar-refractivity contribution in [3.05, 3.63) is 0 Å². The highest BCUT2D eigenvalue weighted by Gasteiger charge is 2.13. The molecule has 0 saturated carbocycles. The molecule has 0 aromatic carbocycles. The van der Waals surface area contributed by atoms with Gasteiger partial charge in [-0.3, -0.25) is 0 Å². The lowest BCUT2D eigenvalue weighted by Crippen LogP contribution is -2.17. The Hall–Kier alpha value is 0.0700. The first-order valence-corrected chi connectivity index (χ1v) is 5.22. The standard InChI is InChI=1S/C7H14O3S/c8-11(9)6-3-7-1-4-10-5-2-7/h7H,1-6H2,(H,8,9). The van der Waals surface area contributed by atoms with Crippen molar-refractivity contribution < 1.29 is 13.5 Å². The molecule has 0 spiro atoms. The second kappa shape index (κ2) is 4.85. The summed E-state index contributed by atoms with van der Waals surface area (Å²) in [5.41, 5.74) is 0. The Morgan fingerprint density at radius 2 is 2.09 bits per heavy atom. The summed E-state index contributed by atoms with van der Waals surface area (Å²) in [4.78, 5) is 0. The quantitative estimate of drug-likeness (QED) is 0.656. The third-order valence-corrected chi connectivity index (χ3v) is 2.63. The summed E-state index contributed by atoms with van der Waals surface area (Å²) >= 11 is -1.61. The molecule has 1 atom stereocenters. The summed E-state index contributed by atoms with van der Waals surface area (Å²) in [6, 6.07) is 0. The van der Waals surface area contributed by atoms with E-state index >= 15 is 0 Å². The van der Waals surface area contributed by atoms with Crippen molar-refractivity contribution in [1.82, 2.24) is 0 Å². The molecule has 0 amide bonds. The molecule has 1 N–H and O–H groups in total. The third-order valence-electron chi connectivity index (χ3n) is 2.04. The summed E-state index contributed by atoms with van der Waals surface area (Å²) in [6.45, 7) is 1.64. The lowest BCUT2D eigenvalue weighted by atomic mass is 9.98. The molecular weight excluding hydrogens is 164 g/mol. The Morgan fingerprint density at radius 3 is 2.64 bits per heavy atom. The monoisotopic (exact) mass is 178 g/mol. The molecule has 3 nitrogen and oxygen atoms in total. The average Bonchev–Trinajstić information content (AvgIpc) is 2.03. The Kier molecular flexibility index (Phi) is 4.04. The van der Waals surface area contributed by atoms with Gasteiger partial charge in [0.15, 0.2) is 11.1 Å². The minimum atomic E-state index is -1.61. The molecule has 1 rings (SSSR count). The second-order valence-electron chi connectivity index (χ2n) is 2.87. The van der Waals surface area contributed by atoms with Crippen molar-refractivity contribution in [3.63, 3.8) is 0 Å². The minimum Gasteiger partial charge on any atom is -0.381 e. The van der Waals surface area contributed by atoms with E-state index in [1.807, 2.05) is 0 Å². The van der Waals surface area contributed by atoms with Crippen LogP contribution in [-0.2, 0) is 15.8 Å². The van der Waals surface area contributed by atoms with E-state index in [-0.39, 0.29) is 0 Å². The van der Waals surface area contributed by atoms with Crippen molar-refractivity contribution in [2.45, 2.75) is 19.3 Å². The molecule has 0 aromatic heterocycles. The van der Waals surface area contributed by atoms with Gasteiger partial charge in [0.25, 0.3) is 0 Å². The molecule has 1 aliphatic rings. The van der Waals surface area contributed by atoms with Crippen LogP contribution in [0.5, 0.6) is 0 Å². The highest BCUT2D eigenvalue weighted by molar-refractivity contribution is 7.79. The number of ether oxygens (including phenoxy) is 1. The van der Waals surface area contributed by atoms with Crippen molar-refractivity contribution >= 4 is 11.1 Å². The van der Waals surface area contributed by atoms with Crippen molar-refractivity contribution in [1.29, 1.82) is 0 Å². The van der Waals surface area contributed by atoms with Crippen LogP contribution >= 0.6 is 0 Å². The van der Waals surface area contributed by atoms with Crippen molar-refractivity contribution in [2.24, 2.45) is 5.92 Å². The summed E-state index contributed by atoms with van der Waals surface area (Å²) in [7, 11) is 0. The topological polar surface area (TPSA) is 46.5 Å². The highest BCUT2D eigenvalue weighted by atomic mass is 32.2. The smallest absolute Gasteiger partial charge is 0.152 e. The molecule has 4 heteroatoms. The van der Waals surface area contributed by atoms with Crippen LogP contribution in [0.4, 0.5) is 0 Å². The van der Waals surface area contributed by atoms with Gasteiger partial charge >= 0.3 is 0 Å². The number of hydrogen-bond donors (Lipinski definition) is 1. The molecule has 0 aromatic rings. The van der Waals surface area contributed by atoms with E-state index < -0.39 is 11.1 Å². The summed E-state index contributed by atoms with van der Waals surface area (Å²) < 4.78 is 24.0. The van der Waals surface area contributed by atoms with Crippen LogP contribution in [0.3, 0.4) is 0 Å². The van der Waals surface area contributed by atoms with Gasteiger partial charge in [0.1, 0.15) is 0 Å². The Labute approximate surface area is 69.4 Å². The zero-order valence-corrected chi connectivity index (χ0v) is 7.31. The lowest BCUT2D eigenvalue weighted by molar-refractivity contribution is 0.0655. The normalized spacial score (nSPS) is 23.4. The first kappa shape index (κ1) is 9.16. The van der Waals surface area contributed by atoms with Crippen LogP contribution in [0.15, 0.2) is 0 Å². The van der Waals surface area contributed by atoms with Crippen molar-refractivity contribution in [2.75, 3.05) is 19.0 Å². The maximum absolute atomic E-state index is 10.3. The van der Waals surface area contributed by atoms with Gasteiger partial charge in [0.05, 0.1) is 0 Å². The van der Waals surface area contributed by atoms with Crippen LogP contribution in [0.25, 0.3) is 0 Å². The fourth-order valence-corrected chi connectivity index (χ4v) is 1.84. The summed E-state index contributed by atoms with van der Waals surface area (Å²) in [5, 5.41) is 0. The van der Waals surface area contributed by atoms with Gasteiger partial charge in [-0.1, -0.05) is 0 Å². The molecule has 11 heavy (non-hydrogen) atoms. The molecule has 1 saturated heterocycles. The van der Waals surface area contributed by atoms with E-state index in [4.69, 9.17) is 9.29 Å². The Morgan fingerprint density at radius 1 is 1.45 bits per heavy atom. The average molecular weight is 178 g/mol. The Balaban J connectivity index is 2.09. The molecular formula is C7H14O3S. The molecule has 0 radical (unpaired) electrons. The van der Waals surface area contributed by atoms with Gasteiger partial charge < -0.3 is 9.29 Å². The van der Waals surface area contributed by atoms with E-state index in [1.54, 1.807) is 0 Å². The van der Waals surface area contributed by atoms with E-state index in [1.165, 1.54) is 0 Å². The highest BCUT2D eigenvalue weighted by Crippen LogP contribution is 2.18. The first-order chi connectivity index (χ1) is 5.29. The molecule has 1 unspecified atom stereocenters.